The number of carbonyl (C=O) groups excluding carboxylic acids is 1. The fraction of sp³-hybridized carbons (Fsp3) is 0.235. The normalized spacial score (nSPS) is 10.2. The van der Waals surface area contributed by atoms with Crippen LogP contribution in [0.5, 0.6) is 5.75 Å². The molecule has 21 heavy (non-hydrogen) atoms. The molecule has 2 aromatic rings. The van der Waals surface area contributed by atoms with E-state index in [9.17, 15) is 4.79 Å². The lowest BCUT2D eigenvalue weighted by atomic mass is 10.2. The molecule has 0 unspecified atom stereocenters. The molecule has 0 saturated carbocycles. The van der Waals surface area contributed by atoms with Gasteiger partial charge in [0.1, 0.15) is 5.75 Å². The summed E-state index contributed by atoms with van der Waals surface area (Å²) < 4.78 is 5.55. The van der Waals surface area contributed by atoms with Gasteiger partial charge in [0.05, 0.1) is 18.7 Å². The molecule has 2 aromatic carbocycles. The van der Waals surface area contributed by atoms with Gasteiger partial charge in [-0.25, -0.2) is 0 Å². The predicted molar refractivity (Wildman–Crippen MR) is 85.6 cm³/mol. The maximum atomic E-state index is 12.2. The Morgan fingerprint density at radius 2 is 1.81 bits per heavy atom. The summed E-state index contributed by atoms with van der Waals surface area (Å²) in [4.78, 5) is 13.8. The number of ether oxygens (including phenoxy) is 1. The first-order valence-electron chi connectivity index (χ1n) is 6.89. The number of hydrogen-bond acceptors (Lipinski definition) is 3. The molecule has 2 N–H and O–H groups in total. The highest BCUT2D eigenvalue weighted by Crippen LogP contribution is 2.21. The van der Waals surface area contributed by atoms with Crippen molar-refractivity contribution >= 4 is 17.3 Å². The molecule has 0 aliphatic heterocycles. The fourth-order valence-corrected chi connectivity index (χ4v) is 2.10. The molecule has 1 amide bonds. The van der Waals surface area contributed by atoms with Crippen molar-refractivity contribution in [3.8, 4) is 5.75 Å². The molecular weight excluding hydrogens is 264 g/mol. The molecule has 110 valence electrons. The number of anilines is 2. The molecule has 2 rings (SSSR count). The number of rotatable bonds is 5. The zero-order chi connectivity index (χ0) is 15.2. The van der Waals surface area contributed by atoms with Crippen LogP contribution in [0.15, 0.2) is 48.5 Å². The molecule has 0 aliphatic rings. The van der Waals surface area contributed by atoms with Crippen LogP contribution in [0.3, 0.4) is 0 Å². The quantitative estimate of drug-likeness (QED) is 0.859. The van der Waals surface area contributed by atoms with E-state index in [1.54, 1.807) is 24.1 Å². The van der Waals surface area contributed by atoms with Crippen LogP contribution in [0.25, 0.3) is 0 Å². The molecule has 0 fully saturated rings. The molecular formula is C17H20N2O2. The topological polar surface area (TPSA) is 55.6 Å². The Balaban J connectivity index is 1.90. The van der Waals surface area contributed by atoms with Crippen LogP contribution < -0.4 is 15.4 Å². The maximum Gasteiger partial charge on any atom is 0.230 e. The van der Waals surface area contributed by atoms with Crippen molar-refractivity contribution in [2.75, 3.05) is 24.3 Å². The van der Waals surface area contributed by atoms with E-state index in [0.717, 1.165) is 11.3 Å². The van der Waals surface area contributed by atoms with Crippen LogP contribution in [-0.2, 0) is 4.79 Å². The average Bonchev–Trinajstić information content (AvgIpc) is 2.49. The van der Waals surface area contributed by atoms with Gasteiger partial charge in [0.25, 0.3) is 0 Å². The second-order valence-electron chi connectivity index (χ2n) is 4.88. The lowest BCUT2D eigenvalue weighted by molar-refractivity contribution is -0.118. The molecule has 0 atom stereocenters. The number of benzene rings is 2. The van der Waals surface area contributed by atoms with E-state index in [2.05, 4.69) is 0 Å². The number of amides is 1. The van der Waals surface area contributed by atoms with Crippen LogP contribution in [0.2, 0.25) is 0 Å². The van der Waals surface area contributed by atoms with Gasteiger partial charge in [-0.2, -0.15) is 0 Å². The summed E-state index contributed by atoms with van der Waals surface area (Å²) >= 11 is 0. The van der Waals surface area contributed by atoms with Crippen LogP contribution in [0, 0.1) is 6.92 Å². The monoisotopic (exact) mass is 284 g/mol. The summed E-state index contributed by atoms with van der Waals surface area (Å²) in [5.74, 6) is 0.627. The summed E-state index contributed by atoms with van der Waals surface area (Å²) in [5.41, 5.74) is 8.36. The SMILES string of the molecule is Cc1ccccc1N(C)C(=O)CCOc1ccccc1N. The Kier molecular flexibility index (Phi) is 4.82. The third-order valence-corrected chi connectivity index (χ3v) is 3.34. The lowest BCUT2D eigenvalue weighted by Crippen LogP contribution is -2.28. The summed E-state index contributed by atoms with van der Waals surface area (Å²) in [6.45, 7) is 2.30. The number of aryl methyl sites for hydroxylation is 1. The number of nitrogens with two attached hydrogens (primary N) is 1. The van der Waals surface area contributed by atoms with Gasteiger partial charge in [0, 0.05) is 12.7 Å². The molecule has 4 nitrogen and oxygen atoms in total. The van der Waals surface area contributed by atoms with Crippen molar-refractivity contribution in [2.24, 2.45) is 0 Å². The van der Waals surface area contributed by atoms with Gasteiger partial charge < -0.3 is 15.4 Å². The minimum absolute atomic E-state index is 0.0128. The van der Waals surface area contributed by atoms with E-state index in [1.807, 2.05) is 43.3 Å². The number of hydrogen-bond donors (Lipinski definition) is 1. The van der Waals surface area contributed by atoms with Gasteiger partial charge in [-0.1, -0.05) is 30.3 Å². The summed E-state index contributed by atoms with van der Waals surface area (Å²) in [7, 11) is 1.78. The molecule has 0 bridgehead atoms. The highest BCUT2D eigenvalue weighted by molar-refractivity contribution is 5.93. The van der Waals surface area contributed by atoms with Gasteiger partial charge >= 0.3 is 0 Å². The highest BCUT2D eigenvalue weighted by Gasteiger charge is 2.12. The molecule has 0 aromatic heterocycles. The predicted octanol–water partition coefficient (Wildman–Crippen LogP) is 3.01. The van der Waals surface area contributed by atoms with E-state index in [4.69, 9.17) is 10.5 Å². The van der Waals surface area contributed by atoms with Crippen LogP contribution in [-0.4, -0.2) is 19.6 Å². The number of carbonyl (C=O) groups is 1. The smallest absolute Gasteiger partial charge is 0.230 e. The molecule has 0 heterocycles. The van der Waals surface area contributed by atoms with Crippen LogP contribution >= 0.6 is 0 Å². The number of para-hydroxylation sites is 3. The number of nitrogen functional groups attached to an aromatic ring is 1. The lowest BCUT2D eigenvalue weighted by Gasteiger charge is -2.19. The van der Waals surface area contributed by atoms with Gasteiger partial charge in [-0.05, 0) is 30.7 Å². The fourth-order valence-electron chi connectivity index (χ4n) is 2.10. The standard InChI is InChI=1S/C17H20N2O2/c1-13-7-3-5-9-15(13)19(2)17(20)11-12-21-16-10-6-4-8-14(16)18/h3-10H,11-12,18H2,1-2H3. The third-order valence-electron chi connectivity index (χ3n) is 3.34. The van der Waals surface area contributed by atoms with Gasteiger partial charge in [-0.3, -0.25) is 4.79 Å². The largest absolute Gasteiger partial charge is 0.491 e. The molecule has 0 saturated heterocycles. The third kappa shape index (κ3) is 3.75. The maximum absolute atomic E-state index is 12.2. The second kappa shape index (κ2) is 6.79. The number of nitrogens with zero attached hydrogens (tertiary/aromatic N) is 1. The first-order valence-corrected chi connectivity index (χ1v) is 6.89. The first kappa shape index (κ1) is 14.9. The van der Waals surface area contributed by atoms with Crippen molar-refractivity contribution in [1.82, 2.24) is 0 Å². The first-order chi connectivity index (χ1) is 10.1. The molecule has 0 spiro atoms. The van der Waals surface area contributed by atoms with Crippen molar-refractivity contribution in [3.63, 3.8) is 0 Å². The van der Waals surface area contributed by atoms with Crippen molar-refractivity contribution in [2.45, 2.75) is 13.3 Å². The van der Waals surface area contributed by atoms with Gasteiger partial charge in [-0.15, -0.1) is 0 Å². The zero-order valence-electron chi connectivity index (χ0n) is 12.4. The van der Waals surface area contributed by atoms with Crippen molar-refractivity contribution in [3.05, 3.63) is 54.1 Å². The second-order valence-corrected chi connectivity index (χ2v) is 4.88. The van der Waals surface area contributed by atoms with Gasteiger partial charge in [0.2, 0.25) is 5.91 Å². The molecule has 4 heteroatoms. The summed E-state index contributed by atoms with van der Waals surface area (Å²) in [5, 5.41) is 0. The molecule has 0 aliphatic carbocycles. The minimum atomic E-state index is 0.0128. The minimum Gasteiger partial charge on any atom is -0.491 e. The Bertz CT molecular complexity index is 626. The Hall–Kier alpha value is -2.49. The van der Waals surface area contributed by atoms with E-state index in [1.165, 1.54) is 0 Å². The van der Waals surface area contributed by atoms with Crippen molar-refractivity contribution < 1.29 is 9.53 Å². The average molecular weight is 284 g/mol. The van der Waals surface area contributed by atoms with E-state index >= 15 is 0 Å². The molecule has 0 radical (unpaired) electrons. The Morgan fingerprint density at radius 1 is 1.14 bits per heavy atom. The van der Waals surface area contributed by atoms with Gasteiger partial charge in [0.15, 0.2) is 0 Å². The highest BCUT2D eigenvalue weighted by atomic mass is 16.5. The van der Waals surface area contributed by atoms with Crippen LogP contribution in [0.1, 0.15) is 12.0 Å². The van der Waals surface area contributed by atoms with E-state index in [-0.39, 0.29) is 5.91 Å². The van der Waals surface area contributed by atoms with E-state index < -0.39 is 0 Å². The van der Waals surface area contributed by atoms with Crippen LogP contribution in [0.4, 0.5) is 11.4 Å². The van der Waals surface area contributed by atoms with Crippen molar-refractivity contribution in [1.29, 1.82) is 0 Å². The Labute approximate surface area is 125 Å². The Morgan fingerprint density at radius 3 is 2.52 bits per heavy atom. The summed E-state index contributed by atoms with van der Waals surface area (Å²) in [6.07, 6.45) is 0.305. The summed E-state index contributed by atoms with van der Waals surface area (Å²) in [6, 6.07) is 15.1. The zero-order valence-corrected chi connectivity index (χ0v) is 12.4. The van der Waals surface area contributed by atoms with E-state index in [0.29, 0.717) is 24.5 Å².